The Morgan fingerprint density at radius 3 is 2.60 bits per heavy atom. The summed E-state index contributed by atoms with van der Waals surface area (Å²) in [4.78, 5) is 6.78. The van der Waals surface area contributed by atoms with Gasteiger partial charge in [-0.05, 0) is 23.3 Å². The fourth-order valence-corrected chi connectivity index (χ4v) is 4.83. The predicted octanol–water partition coefficient (Wildman–Crippen LogP) is 3.56. The average molecular weight is 402 g/mol. The van der Waals surface area contributed by atoms with Gasteiger partial charge in [0.1, 0.15) is 25.6 Å². The number of fused-ring (bicyclic) bond motifs is 5. The van der Waals surface area contributed by atoms with E-state index in [1.165, 1.54) is 16.8 Å². The number of hydrogen-bond acceptors (Lipinski definition) is 6. The van der Waals surface area contributed by atoms with Gasteiger partial charge in [0.05, 0.1) is 12.5 Å². The zero-order valence-corrected chi connectivity index (χ0v) is 16.8. The summed E-state index contributed by atoms with van der Waals surface area (Å²) in [5.41, 5.74) is 4.63. The van der Waals surface area contributed by atoms with Crippen LogP contribution in [0.2, 0.25) is 0 Å². The maximum atomic E-state index is 6.20. The lowest BCUT2D eigenvalue weighted by Gasteiger charge is -2.26. The van der Waals surface area contributed by atoms with Crippen LogP contribution in [0.4, 0.5) is 5.69 Å². The second-order valence-corrected chi connectivity index (χ2v) is 7.94. The Hall–Kier alpha value is -3.41. The Morgan fingerprint density at radius 1 is 0.967 bits per heavy atom. The van der Waals surface area contributed by atoms with Crippen LogP contribution in [-0.2, 0) is 12.0 Å². The quantitative estimate of drug-likeness (QED) is 0.668. The highest BCUT2D eigenvalue weighted by molar-refractivity contribution is 5.70. The summed E-state index contributed by atoms with van der Waals surface area (Å²) in [6.45, 7) is 3.37. The minimum Gasteiger partial charge on any atom is -0.492 e. The largest absolute Gasteiger partial charge is 0.492 e. The van der Waals surface area contributed by atoms with Crippen molar-refractivity contribution in [2.24, 2.45) is 0 Å². The van der Waals surface area contributed by atoms with E-state index in [0.717, 1.165) is 35.9 Å². The van der Waals surface area contributed by atoms with E-state index in [9.17, 15) is 0 Å². The number of benzene rings is 2. The summed E-state index contributed by atoms with van der Waals surface area (Å²) in [6, 6.07) is 16.7. The number of methoxy groups -OCH3 is 1. The lowest BCUT2D eigenvalue weighted by atomic mass is 9.77. The summed E-state index contributed by atoms with van der Waals surface area (Å²) in [7, 11) is 1.63. The van der Waals surface area contributed by atoms with Crippen LogP contribution in [0, 0.1) is 0 Å². The molecule has 1 aromatic heterocycles. The predicted molar refractivity (Wildman–Crippen MR) is 112 cm³/mol. The third kappa shape index (κ3) is 2.53. The van der Waals surface area contributed by atoms with Gasteiger partial charge in [0.15, 0.2) is 11.5 Å². The fourth-order valence-electron chi connectivity index (χ4n) is 4.83. The lowest BCUT2D eigenvalue weighted by Crippen LogP contribution is -2.36. The SMILES string of the molecule is COc1ccc(CN2CC3(COc4cc5c(cc43)OCCO5)c3ccccc32)cn1. The summed E-state index contributed by atoms with van der Waals surface area (Å²) in [6.07, 6.45) is 1.88. The topological polar surface area (TPSA) is 53.1 Å². The molecule has 1 atom stereocenters. The van der Waals surface area contributed by atoms with Crippen molar-refractivity contribution in [2.45, 2.75) is 12.0 Å². The molecular weight excluding hydrogens is 380 g/mol. The molecular formula is C24H22N2O4. The van der Waals surface area contributed by atoms with Crippen molar-refractivity contribution >= 4 is 5.69 Å². The standard InChI is InChI=1S/C24H22N2O4/c1-27-23-7-6-16(12-25-23)13-26-14-24(17-4-2-3-5-19(17)26)15-30-20-11-22-21(10-18(20)24)28-8-9-29-22/h2-7,10-12H,8-9,13-15H2,1H3. The molecule has 0 saturated heterocycles. The van der Waals surface area contributed by atoms with E-state index >= 15 is 0 Å². The van der Waals surface area contributed by atoms with Crippen LogP contribution in [0.15, 0.2) is 54.7 Å². The Morgan fingerprint density at radius 2 is 1.80 bits per heavy atom. The molecule has 6 rings (SSSR count). The van der Waals surface area contributed by atoms with E-state index in [1.807, 2.05) is 18.3 Å². The van der Waals surface area contributed by atoms with Gasteiger partial charge in [0, 0.05) is 42.7 Å². The highest BCUT2D eigenvalue weighted by atomic mass is 16.6. The van der Waals surface area contributed by atoms with E-state index in [0.29, 0.717) is 25.7 Å². The summed E-state index contributed by atoms with van der Waals surface area (Å²) >= 11 is 0. The van der Waals surface area contributed by atoms with Gasteiger partial charge in [-0.25, -0.2) is 4.98 Å². The van der Waals surface area contributed by atoms with E-state index in [2.05, 4.69) is 46.3 Å². The third-order valence-corrected chi connectivity index (χ3v) is 6.24. The van der Waals surface area contributed by atoms with Gasteiger partial charge in [0.25, 0.3) is 0 Å². The van der Waals surface area contributed by atoms with Crippen LogP contribution in [0.1, 0.15) is 16.7 Å². The molecule has 30 heavy (non-hydrogen) atoms. The molecule has 6 nitrogen and oxygen atoms in total. The maximum absolute atomic E-state index is 6.20. The van der Waals surface area contributed by atoms with Crippen molar-refractivity contribution in [3.05, 3.63) is 71.4 Å². The number of nitrogens with zero attached hydrogens (tertiary/aromatic N) is 2. The van der Waals surface area contributed by atoms with Gasteiger partial charge in [-0.2, -0.15) is 0 Å². The maximum Gasteiger partial charge on any atom is 0.212 e. The number of rotatable bonds is 3. The van der Waals surface area contributed by atoms with Gasteiger partial charge < -0.3 is 23.8 Å². The molecule has 6 heteroatoms. The van der Waals surface area contributed by atoms with Crippen LogP contribution in [0.5, 0.6) is 23.1 Å². The minimum absolute atomic E-state index is 0.221. The van der Waals surface area contributed by atoms with Gasteiger partial charge in [-0.1, -0.05) is 24.3 Å². The first kappa shape index (κ1) is 17.4. The number of pyridine rings is 1. The van der Waals surface area contributed by atoms with Crippen LogP contribution < -0.4 is 23.8 Å². The number of anilines is 1. The second-order valence-electron chi connectivity index (χ2n) is 7.94. The molecule has 0 bridgehead atoms. The first-order chi connectivity index (χ1) is 14.8. The molecule has 4 heterocycles. The lowest BCUT2D eigenvalue weighted by molar-refractivity contribution is 0.171. The summed E-state index contributed by atoms with van der Waals surface area (Å²) < 4.78 is 23.0. The Bertz CT molecular complexity index is 1110. The van der Waals surface area contributed by atoms with Crippen molar-refractivity contribution in [3.8, 4) is 23.1 Å². The van der Waals surface area contributed by atoms with E-state index in [-0.39, 0.29) is 5.41 Å². The van der Waals surface area contributed by atoms with E-state index < -0.39 is 0 Å². The number of aromatic nitrogens is 1. The smallest absolute Gasteiger partial charge is 0.212 e. The molecule has 0 N–H and O–H groups in total. The number of para-hydroxylation sites is 1. The second kappa shape index (κ2) is 6.55. The van der Waals surface area contributed by atoms with Crippen molar-refractivity contribution in [3.63, 3.8) is 0 Å². The molecule has 0 saturated carbocycles. The van der Waals surface area contributed by atoms with Crippen LogP contribution >= 0.6 is 0 Å². The zero-order valence-electron chi connectivity index (χ0n) is 16.8. The molecule has 1 unspecified atom stereocenters. The van der Waals surface area contributed by atoms with E-state index in [4.69, 9.17) is 18.9 Å². The molecule has 3 aliphatic heterocycles. The molecule has 0 aliphatic carbocycles. The highest BCUT2D eigenvalue weighted by Gasteiger charge is 2.50. The Kier molecular flexibility index (Phi) is 3.81. The van der Waals surface area contributed by atoms with Gasteiger partial charge in [0.2, 0.25) is 5.88 Å². The van der Waals surface area contributed by atoms with Crippen LogP contribution in [0.3, 0.4) is 0 Å². The molecule has 0 fully saturated rings. The van der Waals surface area contributed by atoms with Crippen LogP contribution in [0.25, 0.3) is 0 Å². The number of hydrogen-bond donors (Lipinski definition) is 0. The van der Waals surface area contributed by atoms with Crippen molar-refractivity contribution < 1.29 is 18.9 Å². The van der Waals surface area contributed by atoms with Crippen molar-refractivity contribution in [2.75, 3.05) is 38.4 Å². The molecule has 0 amide bonds. The monoisotopic (exact) mass is 402 g/mol. The Labute approximate surface area is 175 Å². The molecule has 1 spiro atoms. The fraction of sp³-hybridized carbons (Fsp3) is 0.292. The first-order valence-corrected chi connectivity index (χ1v) is 10.2. The van der Waals surface area contributed by atoms with Gasteiger partial charge in [-0.3, -0.25) is 0 Å². The molecule has 3 aliphatic rings. The summed E-state index contributed by atoms with van der Waals surface area (Å²) in [5, 5.41) is 0. The van der Waals surface area contributed by atoms with Crippen LogP contribution in [-0.4, -0.2) is 38.5 Å². The molecule has 152 valence electrons. The molecule has 0 radical (unpaired) electrons. The number of ether oxygens (including phenoxy) is 4. The molecule has 3 aromatic rings. The highest BCUT2D eigenvalue weighted by Crippen LogP contribution is 2.54. The summed E-state index contributed by atoms with van der Waals surface area (Å²) in [5.74, 6) is 3.09. The first-order valence-electron chi connectivity index (χ1n) is 10.2. The third-order valence-electron chi connectivity index (χ3n) is 6.24. The average Bonchev–Trinajstić information content (AvgIpc) is 3.31. The van der Waals surface area contributed by atoms with Crippen molar-refractivity contribution in [1.82, 2.24) is 4.98 Å². The normalized spacial score (nSPS) is 20.6. The zero-order chi connectivity index (χ0) is 20.1. The Balaban J connectivity index is 1.40. The van der Waals surface area contributed by atoms with Crippen molar-refractivity contribution in [1.29, 1.82) is 0 Å². The van der Waals surface area contributed by atoms with E-state index in [1.54, 1.807) is 7.11 Å². The molecule has 2 aromatic carbocycles. The van der Waals surface area contributed by atoms with Gasteiger partial charge in [-0.15, -0.1) is 0 Å². The van der Waals surface area contributed by atoms with Gasteiger partial charge >= 0.3 is 0 Å². The minimum atomic E-state index is -0.221.